The van der Waals surface area contributed by atoms with Crippen molar-refractivity contribution < 1.29 is 5.11 Å². The number of aromatic nitrogens is 1. The Balaban J connectivity index is 2.24. The van der Waals surface area contributed by atoms with Gasteiger partial charge in [-0.15, -0.1) is 0 Å². The Morgan fingerprint density at radius 1 is 1.33 bits per heavy atom. The van der Waals surface area contributed by atoms with Crippen LogP contribution in [-0.2, 0) is 6.54 Å². The minimum absolute atomic E-state index is 0.0522. The first-order valence-electron chi connectivity index (χ1n) is 6.19. The van der Waals surface area contributed by atoms with Crippen molar-refractivity contribution in [2.75, 3.05) is 13.1 Å². The van der Waals surface area contributed by atoms with E-state index >= 15 is 0 Å². The van der Waals surface area contributed by atoms with Crippen LogP contribution >= 0.6 is 0 Å². The molecule has 0 fully saturated rings. The van der Waals surface area contributed by atoms with Crippen LogP contribution in [0.1, 0.15) is 6.92 Å². The number of nitrogens with one attached hydrogen (secondary N) is 1. The molecule has 2 N–H and O–H groups in total. The van der Waals surface area contributed by atoms with Crippen molar-refractivity contribution in [3.8, 4) is 0 Å². The summed E-state index contributed by atoms with van der Waals surface area (Å²) in [7, 11) is 0. The Morgan fingerprint density at radius 2 is 2.11 bits per heavy atom. The minimum Gasteiger partial charge on any atom is -0.390 e. The second-order valence-corrected chi connectivity index (χ2v) is 4.32. The molecule has 4 nitrogen and oxygen atoms in total. The second-order valence-electron chi connectivity index (χ2n) is 4.32. The van der Waals surface area contributed by atoms with E-state index in [9.17, 15) is 9.90 Å². The van der Waals surface area contributed by atoms with Crippen molar-refractivity contribution in [3.05, 3.63) is 46.9 Å². The zero-order chi connectivity index (χ0) is 13.0. The zero-order valence-corrected chi connectivity index (χ0v) is 10.5. The van der Waals surface area contributed by atoms with E-state index in [4.69, 9.17) is 0 Å². The number of rotatable bonds is 5. The summed E-state index contributed by atoms with van der Waals surface area (Å²) in [6.07, 6.45) is 1.18. The van der Waals surface area contributed by atoms with Gasteiger partial charge in [0, 0.05) is 18.1 Å². The average Bonchev–Trinajstić information content (AvgIpc) is 2.40. The zero-order valence-electron chi connectivity index (χ0n) is 10.5. The Hall–Kier alpha value is -1.65. The third kappa shape index (κ3) is 2.78. The Kier molecular flexibility index (Phi) is 4.12. The summed E-state index contributed by atoms with van der Waals surface area (Å²) in [5, 5.41) is 14.5. The molecule has 96 valence electrons. The average molecular weight is 246 g/mol. The van der Waals surface area contributed by atoms with Gasteiger partial charge < -0.3 is 15.0 Å². The number of aliphatic hydroxyl groups excluding tert-OH is 1. The number of hydrogen-bond donors (Lipinski definition) is 2. The molecule has 2 rings (SSSR count). The maximum absolute atomic E-state index is 12.2. The molecule has 0 aliphatic heterocycles. The topological polar surface area (TPSA) is 54.3 Å². The minimum atomic E-state index is -0.552. The normalized spacial score (nSPS) is 12.8. The van der Waals surface area contributed by atoms with Gasteiger partial charge >= 0.3 is 0 Å². The molecular weight excluding hydrogens is 228 g/mol. The van der Waals surface area contributed by atoms with E-state index in [0.717, 1.165) is 11.9 Å². The molecular formula is C14H18N2O2. The predicted molar refractivity (Wildman–Crippen MR) is 72.8 cm³/mol. The van der Waals surface area contributed by atoms with Gasteiger partial charge in [-0.3, -0.25) is 4.79 Å². The summed E-state index contributed by atoms with van der Waals surface area (Å²) in [6.45, 7) is 3.60. The summed E-state index contributed by atoms with van der Waals surface area (Å²) in [4.78, 5) is 12.2. The summed E-state index contributed by atoms with van der Waals surface area (Å²) in [5.41, 5.74) is -0.0522. The third-order valence-corrected chi connectivity index (χ3v) is 2.92. The summed E-state index contributed by atoms with van der Waals surface area (Å²) in [6, 6.07) is 9.38. The number of nitrogens with zero attached hydrogens (tertiary/aromatic N) is 1. The van der Waals surface area contributed by atoms with Gasteiger partial charge in [-0.25, -0.2) is 0 Å². The second kappa shape index (κ2) is 5.80. The van der Waals surface area contributed by atoms with Gasteiger partial charge in [0.2, 0.25) is 0 Å². The fourth-order valence-corrected chi connectivity index (χ4v) is 1.98. The van der Waals surface area contributed by atoms with E-state index in [1.807, 2.05) is 37.3 Å². The lowest BCUT2D eigenvalue weighted by atomic mass is 10.2. The molecule has 0 bridgehead atoms. The molecule has 1 atom stereocenters. The number of fused-ring (bicyclic) bond motifs is 1. The highest BCUT2D eigenvalue weighted by molar-refractivity contribution is 5.81. The molecule has 0 amide bonds. The highest BCUT2D eigenvalue weighted by Gasteiger charge is 2.07. The van der Waals surface area contributed by atoms with Crippen LogP contribution in [0.3, 0.4) is 0 Å². The number of hydrogen-bond acceptors (Lipinski definition) is 3. The monoisotopic (exact) mass is 246 g/mol. The van der Waals surface area contributed by atoms with Crippen LogP contribution in [0.15, 0.2) is 41.3 Å². The lowest BCUT2D eigenvalue weighted by Crippen LogP contribution is -2.33. The van der Waals surface area contributed by atoms with E-state index < -0.39 is 6.10 Å². The quantitative estimate of drug-likeness (QED) is 0.826. The van der Waals surface area contributed by atoms with Crippen LogP contribution in [-0.4, -0.2) is 28.9 Å². The predicted octanol–water partition coefficient (Wildman–Crippen LogP) is 0.972. The molecule has 0 spiro atoms. The van der Waals surface area contributed by atoms with Gasteiger partial charge in [-0.2, -0.15) is 0 Å². The molecule has 0 aliphatic carbocycles. The highest BCUT2D eigenvalue weighted by Crippen LogP contribution is 2.08. The fourth-order valence-electron chi connectivity index (χ4n) is 1.98. The van der Waals surface area contributed by atoms with Gasteiger partial charge in [0.25, 0.3) is 5.56 Å². The number of likely N-dealkylation sites (N-methyl/N-ethyl adjacent to an activating group) is 1. The summed E-state index contributed by atoms with van der Waals surface area (Å²) < 4.78 is 1.56. The van der Waals surface area contributed by atoms with Crippen molar-refractivity contribution in [1.29, 1.82) is 0 Å². The Labute approximate surface area is 106 Å². The number of pyridine rings is 1. The summed E-state index contributed by atoms with van der Waals surface area (Å²) in [5.74, 6) is 0. The molecule has 0 aliphatic rings. The molecule has 2 aromatic rings. The molecule has 1 aromatic carbocycles. The molecule has 4 heteroatoms. The highest BCUT2D eigenvalue weighted by atomic mass is 16.3. The first kappa shape index (κ1) is 12.8. The number of benzene rings is 1. The van der Waals surface area contributed by atoms with Crippen molar-refractivity contribution in [3.63, 3.8) is 0 Å². The van der Waals surface area contributed by atoms with Gasteiger partial charge in [0.15, 0.2) is 0 Å². The standard InChI is InChI=1S/C14H18N2O2/c1-2-15-9-12(17)10-16-8-7-11-5-3-4-6-13(11)14(16)18/h3-8,12,15,17H,2,9-10H2,1H3. The lowest BCUT2D eigenvalue weighted by Gasteiger charge is -2.13. The fraction of sp³-hybridized carbons (Fsp3) is 0.357. The van der Waals surface area contributed by atoms with Crippen LogP contribution in [0.4, 0.5) is 0 Å². The summed E-state index contributed by atoms with van der Waals surface area (Å²) >= 11 is 0. The van der Waals surface area contributed by atoms with Crippen LogP contribution in [0.25, 0.3) is 10.8 Å². The maximum Gasteiger partial charge on any atom is 0.258 e. The molecule has 0 radical (unpaired) electrons. The smallest absolute Gasteiger partial charge is 0.258 e. The first-order chi connectivity index (χ1) is 8.72. The lowest BCUT2D eigenvalue weighted by molar-refractivity contribution is 0.151. The Bertz CT molecular complexity index is 577. The first-order valence-corrected chi connectivity index (χ1v) is 6.19. The number of aliphatic hydroxyl groups is 1. The van der Waals surface area contributed by atoms with E-state index in [2.05, 4.69) is 5.32 Å². The van der Waals surface area contributed by atoms with E-state index in [0.29, 0.717) is 18.5 Å². The Morgan fingerprint density at radius 3 is 2.89 bits per heavy atom. The van der Waals surface area contributed by atoms with E-state index in [-0.39, 0.29) is 5.56 Å². The molecule has 18 heavy (non-hydrogen) atoms. The molecule has 1 aromatic heterocycles. The van der Waals surface area contributed by atoms with Gasteiger partial charge in [-0.1, -0.05) is 25.1 Å². The third-order valence-electron chi connectivity index (χ3n) is 2.92. The van der Waals surface area contributed by atoms with Gasteiger partial charge in [-0.05, 0) is 24.1 Å². The molecule has 1 unspecified atom stereocenters. The van der Waals surface area contributed by atoms with Crippen molar-refractivity contribution in [1.82, 2.24) is 9.88 Å². The maximum atomic E-state index is 12.2. The largest absolute Gasteiger partial charge is 0.390 e. The van der Waals surface area contributed by atoms with E-state index in [1.54, 1.807) is 10.8 Å². The van der Waals surface area contributed by atoms with Gasteiger partial charge in [0.05, 0.1) is 12.6 Å². The van der Waals surface area contributed by atoms with E-state index in [1.165, 1.54) is 0 Å². The van der Waals surface area contributed by atoms with Crippen molar-refractivity contribution >= 4 is 10.8 Å². The van der Waals surface area contributed by atoms with Crippen molar-refractivity contribution in [2.45, 2.75) is 19.6 Å². The molecule has 0 saturated carbocycles. The van der Waals surface area contributed by atoms with Crippen LogP contribution in [0.2, 0.25) is 0 Å². The van der Waals surface area contributed by atoms with Crippen LogP contribution in [0.5, 0.6) is 0 Å². The SMILES string of the molecule is CCNCC(O)Cn1ccc2ccccc2c1=O. The van der Waals surface area contributed by atoms with Crippen LogP contribution < -0.4 is 10.9 Å². The molecule has 1 heterocycles. The van der Waals surface area contributed by atoms with Gasteiger partial charge in [0.1, 0.15) is 0 Å². The van der Waals surface area contributed by atoms with Crippen molar-refractivity contribution in [2.24, 2.45) is 0 Å². The molecule has 0 saturated heterocycles. The van der Waals surface area contributed by atoms with Crippen LogP contribution in [0, 0.1) is 0 Å².